The molecule has 0 spiro atoms. The fraction of sp³-hybridized carbons (Fsp3) is 0.818. The first-order chi connectivity index (χ1) is 6.25. The maximum atomic E-state index is 11.2. The second-order valence-electron chi connectivity index (χ2n) is 3.90. The van der Waals surface area contributed by atoms with Crippen LogP contribution in [0.2, 0.25) is 0 Å². The molecule has 1 atom stereocenters. The zero-order valence-electron chi connectivity index (χ0n) is 9.17. The van der Waals surface area contributed by atoms with Gasteiger partial charge in [-0.3, -0.25) is 4.79 Å². The van der Waals surface area contributed by atoms with Crippen LogP contribution in [0.25, 0.3) is 0 Å². The molecule has 0 saturated carbocycles. The van der Waals surface area contributed by atoms with Crippen molar-refractivity contribution in [3.63, 3.8) is 0 Å². The summed E-state index contributed by atoms with van der Waals surface area (Å²) in [6.07, 6.45) is 7.79. The number of nitrogens with zero attached hydrogens (tertiary/aromatic N) is 1. The van der Waals surface area contributed by atoms with E-state index in [-0.39, 0.29) is 32.7 Å². The molecule has 0 unspecified atom stereocenters. The number of carbonyl (C=O) groups is 1. The van der Waals surface area contributed by atoms with Gasteiger partial charge in [-0.15, -0.1) is 0 Å². The molecule has 14 heavy (non-hydrogen) atoms. The van der Waals surface area contributed by atoms with Gasteiger partial charge in [0.1, 0.15) is 0 Å². The third kappa shape index (κ3) is 4.40. The maximum Gasteiger partial charge on any atom is 0.222 e. The van der Waals surface area contributed by atoms with Crippen LogP contribution in [0.1, 0.15) is 44.9 Å². The molecule has 1 aliphatic rings. The van der Waals surface area contributed by atoms with Crippen LogP contribution in [0.4, 0.5) is 0 Å². The summed E-state index contributed by atoms with van der Waals surface area (Å²) in [5, 5.41) is 0. The molecule has 1 saturated heterocycles. The van der Waals surface area contributed by atoms with Crippen molar-refractivity contribution in [2.75, 3.05) is 7.05 Å². The fourth-order valence-corrected chi connectivity index (χ4v) is 1.94. The summed E-state index contributed by atoms with van der Waals surface area (Å²) in [5.74, 6) is 0.321. The van der Waals surface area contributed by atoms with E-state index < -0.39 is 0 Å². The predicted octanol–water partition coefficient (Wildman–Crippen LogP) is 2.39. The van der Waals surface area contributed by atoms with E-state index in [0.717, 1.165) is 19.3 Å². The smallest absolute Gasteiger partial charge is 0.222 e. The molecule has 2 nitrogen and oxygen atoms in total. The standard InChI is InChI=1S/C11H20NO.Y/c1-3-4-5-6-7-10-8-9-11(13)12(10)2;/h10H,1,3-9H2,2H3;/q-1;/t10-;/m0./s1. The van der Waals surface area contributed by atoms with Gasteiger partial charge in [0.2, 0.25) is 5.91 Å². The van der Waals surface area contributed by atoms with E-state index in [0.29, 0.717) is 11.9 Å². The van der Waals surface area contributed by atoms with Gasteiger partial charge < -0.3 is 11.8 Å². The summed E-state index contributed by atoms with van der Waals surface area (Å²) >= 11 is 0. The van der Waals surface area contributed by atoms with Gasteiger partial charge in [-0.05, 0) is 12.8 Å². The van der Waals surface area contributed by atoms with E-state index in [9.17, 15) is 4.79 Å². The third-order valence-electron chi connectivity index (χ3n) is 2.92. The molecule has 1 heterocycles. The second-order valence-corrected chi connectivity index (χ2v) is 3.90. The summed E-state index contributed by atoms with van der Waals surface area (Å²) < 4.78 is 0. The summed E-state index contributed by atoms with van der Waals surface area (Å²) in [6, 6.07) is 0.525. The largest absolute Gasteiger partial charge is 0.343 e. The van der Waals surface area contributed by atoms with Gasteiger partial charge in [-0.25, -0.2) is 0 Å². The van der Waals surface area contributed by atoms with Gasteiger partial charge in [0.15, 0.2) is 0 Å². The van der Waals surface area contributed by atoms with Crippen molar-refractivity contribution < 1.29 is 37.5 Å². The molecule has 3 heteroatoms. The number of carbonyl (C=O) groups excluding carboxylic acids is 1. The number of rotatable bonds is 5. The van der Waals surface area contributed by atoms with Gasteiger partial charge in [0.05, 0.1) is 0 Å². The van der Waals surface area contributed by atoms with Crippen molar-refractivity contribution in [1.82, 2.24) is 4.90 Å². The Bertz CT molecular complexity index is 173. The predicted molar refractivity (Wildman–Crippen MR) is 54.2 cm³/mol. The first-order valence-corrected chi connectivity index (χ1v) is 5.30. The molecule has 1 amide bonds. The molecule has 0 aromatic rings. The summed E-state index contributed by atoms with van der Waals surface area (Å²) in [4.78, 5) is 13.1. The topological polar surface area (TPSA) is 20.3 Å². The van der Waals surface area contributed by atoms with E-state index in [2.05, 4.69) is 6.92 Å². The average Bonchev–Trinajstić information content (AvgIpc) is 2.43. The van der Waals surface area contributed by atoms with E-state index in [1.165, 1.54) is 25.7 Å². The fourth-order valence-electron chi connectivity index (χ4n) is 1.94. The summed E-state index contributed by atoms with van der Waals surface area (Å²) in [7, 11) is 1.93. The zero-order valence-corrected chi connectivity index (χ0v) is 12.0. The molecule has 1 radical (unpaired) electrons. The van der Waals surface area contributed by atoms with Gasteiger partial charge in [-0.1, -0.05) is 19.3 Å². The molecule has 0 N–H and O–H groups in total. The van der Waals surface area contributed by atoms with Crippen LogP contribution in [0.3, 0.4) is 0 Å². The van der Waals surface area contributed by atoms with Crippen LogP contribution in [-0.2, 0) is 37.5 Å². The van der Waals surface area contributed by atoms with Gasteiger partial charge in [0, 0.05) is 52.2 Å². The molecule has 1 rings (SSSR count). The minimum absolute atomic E-state index is 0. The Balaban J connectivity index is 0.00000169. The van der Waals surface area contributed by atoms with Crippen molar-refractivity contribution in [2.24, 2.45) is 0 Å². The summed E-state index contributed by atoms with van der Waals surface area (Å²) in [5.41, 5.74) is 0. The van der Waals surface area contributed by atoms with Crippen LogP contribution in [0, 0.1) is 6.92 Å². The zero-order chi connectivity index (χ0) is 9.68. The van der Waals surface area contributed by atoms with Crippen molar-refractivity contribution >= 4 is 5.91 Å². The molecule has 1 aliphatic heterocycles. The molecule has 1 fully saturated rings. The van der Waals surface area contributed by atoms with E-state index >= 15 is 0 Å². The van der Waals surface area contributed by atoms with Gasteiger partial charge >= 0.3 is 0 Å². The van der Waals surface area contributed by atoms with Crippen LogP contribution in [-0.4, -0.2) is 23.9 Å². The number of likely N-dealkylation sites (tertiary alicyclic amines) is 1. The number of hydrogen-bond acceptors (Lipinski definition) is 1. The Morgan fingerprint density at radius 1 is 1.43 bits per heavy atom. The molecule has 0 bridgehead atoms. The van der Waals surface area contributed by atoms with Crippen LogP contribution in [0.15, 0.2) is 0 Å². The normalized spacial score (nSPS) is 21.1. The van der Waals surface area contributed by atoms with Crippen molar-refractivity contribution in [2.45, 2.75) is 51.0 Å². The SMILES string of the molecule is [CH2-]CCCCC[C@H]1CCC(=O)N1C.[Y]. The molecule has 0 aliphatic carbocycles. The first-order valence-electron chi connectivity index (χ1n) is 5.30. The molecule has 0 aromatic heterocycles. The third-order valence-corrected chi connectivity index (χ3v) is 2.92. The van der Waals surface area contributed by atoms with Crippen LogP contribution < -0.4 is 0 Å². The van der Waals surface area contributed by atoms with Crippen molar-refractivity contribution in [3.05, 3.63) is 6.92 Å². The van der Waals surface area contributed by atoms with E-state index in [4.69, 9.17) is 0 Å². The Kier molecular flexibility index (Phi) is 8.13. The van der Waals surface area contributed by atoms with E-state index in [1.54, 1.807) is 0 Å². The molecule has 0 aromatic carbocycles. The molecular weight excluding hydrogens is 251 g/mol. The Labute approximate surface area is 113 Å². The Hall–Kier alpha value is 0.574. The average molecular weight is 271 g/mol. The summed E-state index contributed by atoms with van der Waals surface area (Å²) in [6.45, 7) is 3.82. The van der Waals surface area contributed by atoms with Gasteiger partial charge in [0.25, 0.3) is 0 Å². The molecule has 79 valence electrons. The number of unbranched alkanes of at least 4 members (excludes halogenated alkanes) is 3. The van der Waals surface area contributed by atoms with Crippen LogP contribution >= 0.6 is 0 Å². The monoisotopic (exact) mass is 271 g/mol. The second kappa shape index (κ2) is 7.81. The molecular formula is C11H20NOY-. The Morgan fingerprint density at radius 2 is 2.14 bits per heavy atom. The van der Waals surface area contributed by atoms with Crippen molar-refractivity contribution in [3.8, 4) is 0 Å². The Morgan fingerprint density at radius 3 is 2.64 bits per heavy atom. The quantitative estimate of drug-likeness (QED) is 0.555. The maximum absolute atomic E-state index is 11.2. The van der Waals surface area contributed by atoms with Crippen LogP contribution in [0.5, 0.6) is 0 Å². The first kappa shape index (κ1) is 14.6. The minimum Gasteiger partial charge on any atom is -0.343 e. The minimum atomic E-state index is 0. The number of amides is 1. The van der Waals surface area contributed by atoms with Crippen molar-refractivity contribution in [1.29, 1.82) is 0 Å². The number of hydrogen-bond donors (Lipinski definition) is 0. The van der Waals surface area contributed by atoms with E-state index in [1.807, 2.05) is 11.9 Å². The van der Waals surface area contributed by atoms with Gasteiger partial charge in [-0.2, -0.15) is 6.42 Å².